The lowest BCUT2D eigenvalue weighted by Gasteiger charge is -2.24. The van der Waals surface area contributed by atoms with Crippen molar-refractivity contribution in [1.29, 1.82) is 0 Å². The second-order valence-corrected chi connectivity index (χ2v) is 7.05. The highest BCUT2D eigenvalue weighted by Crippen LogP contribution is 2.33. The smallest absolute Gasteiger partial charge is 0.229 e. The molecule has 0 radical (unpaired) electrons. The summed E-state index contributed by atoms with van der Waals surface area (Å²) < 4.78 is 11.3. The van der Waals surface area contributed by atoms with E-state index in [1.807, 2.05) is 45.9 Å². The van der Waals surface area contributed by atoms with E-state index in [1.165, 1.54) is 4.90 Å². The van der Waals surface area contributed by atoms with Crippen molar-refractivity contribution in [3.63, 3.8) is 0 Å². The number of carbonyl (C=O) groups is 3. The zero-order valence-electron chi connectivity index (χ0n) is 17.1. The molecule has 0 aromatic heterocycles. The highest BCUT2D eigenvalue weighted by molar-refractivity contribution is 6.02. The summed E-state index contributed by atoms with van der Waals surface area (Å²) in [5.74, 6) is 0.865. The van der Waals surface area contributed by atoms with Crippen LogP contribution in [0.15, 0.2) is 18.2 Å². The van der Waals surface area contributed by atoms with Gasteiger partial charge in [-0.3, -0.25) is 19.3 Å². The van der Waals surface area contributed by atoms with Gasteiger partial charge in [-0.25, -0.2) is 0 Å². The van der Waals surface area contributed by atoms with E-state index < -0.39 is 0 Å². The number of ether oxygens (including phenoxy) is 2. The molecule has 1 heterocycles. The van der Waals surface area contributed by atoms with Gasteiger partial charge >= 0.3 is 0 Å². The fraction of sp³-hybridized carbons (Fsp3) is 0.571. The molecule has 1 fully saturated rings. The van der Waals surface area contributed by atoms with Gasteiger partial charge in [-0.2, -0.15) is 0 Å². The molecule has 7 heteroatoms. The molecule has 1 aliphatic heterocycles. The molecule has 1 aromatic rings. The number of imide groups is 1. The van der Waals surface area contributed by atoms with Gasteiger partial charge in [-0.05, 0) is 37.5 Å². The Balaban J connectivity index is 2.07. The van der Waals surface area contributed by atoms with E-state index in [-0.39, 0.29) is 55.5 Å². The van der Waals surface area contributed by atoms with Gasteiger partial charge in [0.2, 0.25) is 17.7 Å². The van der Waals surface area contributed by atoms with E-state index in [0.717, 1.165) is 5.56 Å². The zero-order chi connectivity index (χ0) is 20.7. The van der Waals surface area contributed by atoms with Gasteiger partial charge < -0.3 is 14.8 Å². The Hall–Kier alpha value is -2.57. The summed E-state index contributed by atoms with van der Waals surface area (Å²) in [5, 5.41) is 3.02. The largest absolute Gasteiger partial charge is 0.490 e. The standard InChI is InChI=1S/C21H30N2O5/c1-5-27-16-8-7-15(13-17(16)28-6-2)21(14(3)4)22-18(24)11-12-23-19(25)9-10-20(23)26/h7-8,13-14,21H,5-6,9-12H2,1-4H3,(H,22,24). The number of hydrogen-bond donors (Lipinski definition) is 1. The van der Waals surface area contributed by atoms with E-state index in [1.54, 1.807) is 0 Å². The Morgan fingerprint density at radius 2 is 1.68 bits per heavy atom. The van der Waals surface area contributed by atoms with Crippen molar-refractivity contribution in [1.82, 2.24) is 10.2 Å². The maximum Gasteiger partial charge on any atom is 0.229 e. The van der Waals surface area contributed by atoms with Crippen LogP contribution in [-0.4, -0.2) is 42.4 Å². The molecule has 3 amide bonds. The number of nitrogens with zero attached hydrogens (tertiary/aromatic N) is 1. The van der Waals surface area contributed by atoms with Crippen LogP contribution in [0.1, 0.15) is 58.6 Å². The SMILES string of the molecule is CCOc1ccc(C(NC(=O)CCN2C(=O)CCC2=O)C(C)C)cc1OCC. The van der Waals surface area contributed by atoms with E-state index in [4.69, 9.17) is 9.47 Å². The zero-order valence-corrected chi connectivity index (χ0v) is 17.1. The molecular weight excluding hydrogens is 360 g/mol. The van der Waals surface area contributed by atoms with Crippen LogP contribution in [0.5, 0.6) is 11.5 Å². The third kappa shape index (κ3) is 5.47. The third-order valence-electron chi connectivity index (χ3n) is 4.63. The van der Waals surface area contributed by atoms with Crippen molar-refractivity contribution in [2.75, 3.05) is 19.8 Å². The molecule has 1 atom stereocenters. The van der Waals surface area contributed by atoms with Crippen LogP contribution in [0.25, 0.3) is 0 Å². The number of likely N-dealkylation sites (tertiary alicyclic amines) is 1. The van der Waals surface area contributed by atoms with Crippen LogP contribution in [0, 0.1) is 5.92 Å². The van der Waals surface area contributed by atoms with Gasteiger partial charge in [0.1, 0.15) is 0 Å². The maximum absolute atomic E-state index is 12.5. The van der Waals surface area contributed by atoms with Crippen molar-refractivity contribution in [3.8, 4) is 11.5 Å². The van der Waals surface area contributed by atoms with E-state index in [0.29, 0.717) is 24.7 Å². The summed E-state index contributed by atoms with van der Waals surface area (Å²) in [6.07, 6.45) is 0.568. The van der Waals surface area contributed by atoms with Crippen molar-refractivity contribution >= 4 is 17.7 Å². The number of hydrogen-bond acceptors (Lipinski definition) is 5. The first-order chi connectivity index (χ1) is 13.4. The van der Waals surface area contributed by atoms with Crippen LogP contribution in [0.4, 0.5) is 0 Å². The van der Waals surface area contributed by atoms with Crippen LogP contribution in [-0.2, 0) is 14.4 Å². The van der Waals surface area contributed by atoms with Crippen molar-refractivity contribution in [3.05, 3.63) is 23.8 Å². The van der Waals surface area contributed by atoms with Gasteiger partial charge in [0.05, 0.1) is 19.3 Å². The van der Waals surface area contributed by atoms with Gasteiger partial charge in [0.25, 0.3) is 0 Å². The van der Waals surface area contributed by atoms with E-state index in [9.17, 15) is 14.4 Å². The molecule has 28 heavy (non-hydrogen) atoms. The molecule has 1 unspecified atom stereocenters. The molecule has 154 valence electrons. The summed E-state index contributed by atoms with van der Waals surface area (Å²) in [7, 11) is 0. The summed E-state index contributed by atoms with van der Waals surface area (Å²) in [6.45, 7) is 9.05. The van der Waals surface area contributed by atoms with Crippen LogP contribution in [0.2, 0.25) is 0 Å². The molecular formula is C21H30N2O5. The first-order valence-electron chi connectivity index (χ1n) is 9.89. The number of carbonyl (C=O) groups excluding carboxylic acids is 3. The molecule has 0 saturated carbocycles. The lowest BCUT2D eigenvalue weighted by atomic mass is 9.95. The molecule has 0 bridgehead atoms. The summed E-state index contributed by atoms with van der Waals surface area (Å²) in [5.41, 5.74) is 0.920. The van der Waals surface area contributed by atoms with Crippen LogP contribution >= 0.6 is 0 Å². The quantitative estimate of drug-likeness (QED) is 0.621. The number of benzene rings is 1. The first-order valence-corrected chi connectivity index (χ1v) is 9.89. The molecule has 2 rings (SSSR count). The number of rotatable bonds is 10. The van der Waals surface area contributed by atoms with Crippen molar-refractivity contribution in [2.24, 2.45) is 5.92 Å². The fourth-order valence-corrected chi connectivity index (χ4v) is 3.23. The van der Waals surface area contributed by atoms with Gasteiger partial charge in [0, 0.05) is 25.8 Å². The molecule has 1 aliphatic rings. The van der Waals surface area contributed by atoms with Crippen molar-refractivity contribution in [2.45, 2.75) is 53.0 Å². The lowest BCUT2D eigenvalue weighted by molar-refractivity contribution is -0.138. The second-order valence-electron chi connectivity index (χ2n) is 7.05. The minimum atomic E-state index is -0.215. The topological polar surface area (TPSA) is 84.9 Å². The normalized spacial score (nSPS) is 15.1. The van der Waals surface area contributed by atoms with Gasteiger partial charge in [0.15, 0.2) is 11.5 Å². The highest BCUT2D eigenvalue weighted by Gasteiger charge is 2.29. The van der Waals surface area contributed by atoms with Gasteiger partial charge in [-0.15, -0.1) is 0 Å². The summed E-state index contributed by atoms with van der Waals surface area (Å²) in [4.78, 5) is 37.0. The molecule has 0 spiro atoms. The minimum Gasteiger partial charge on any atom is -0.490 e. The first kappa shape index (κ1) is 21.7. The molecule has 0 aliphatic carbocycles. The summed E-state index contributed by atoms with van der Waals surface area (Å²) >= 11 is 0. The predicted octanol–water partition coefficient (Wildman–Crippen LogP) is 2.84. The van der Waals surface area contributed by atoms with Crippen LogP contribution < -0.4 is 14.8 Å². The maximum atomic E-state index is 12.5. The van der Waals surface area contributed by atoms with Gasteiger partial charge in [-0.1, -0.05) is 19.9 Å². The van der Waals surface area contributed by atoms with E-state index >= 15 is 0 Å². The predicted molar refractivity (Wildman–Crippen MR) is 105 cm³/mol. The fourth-order valence-electron chi connectivity index (χ4n) is 3.23. The third-order valence-corrected chi connectivity index (χ3v) is 4.63. The Labute approximate surface area is 166 Å². The van der Waals surface area contributed by atoms with Crippen LogP contribution in [0.3, 0.4) is 0 Å². The molecule has 1 saturated heterocycles. The average molecular weight is 390 g/mol. The Kier molecular flexibility index (Phi) is 7.84. The Morgan fingerprint density at radius 1 is 1.07 bits per heavy atom. The number of amides is 3. The minimum absolute atomic E-state index is 0.0933. The second kappa shape index (κ2) is 10.1. The van der Waals surface area contributed by atoms with E-state index in [2.05, 4.69) is 5.32 Å². The monoisotopic (exact) mass is 390 g/mol. The summed E-state index contributed by atoms with van der Waals surface area (Å²) in [6, 6.07) is 5.46. The Bertz CT molecular complexity index is 701. The molecule has 1 aromatic carbocycles. The molecule has 7 nitrogen and oxygen atoms in total. The van der Waals surface area contributed by atoms with Crippen molar-refractivity contribution < 1.29 is 23.9 Å². The average Bonchev–Trinajstić information content (AvgIpc) is 2.97. The Morgan fingerprint density at radius 3 is 2.25 bits per heavy atom. The number of nitrogens with one attached hydrogen (secondary N) is 1. The molecule has 1 N–H and O–H groups in total. The highest BCUT2D eigenvalue weighted by atomic mass is 16.5. The lowest BCUT2D eigenvalue weighted by Crippen LogP contribution is -2.36.